The molecule has 88 valence electrons. The van der Waals surface area contributed by atoms with Gasteiger partial charge < -0.3 is 15.3 Å². The zero-order valence-electron chi connectivity index (χ0n) is 9.84. The smallest absolute Gasteiger partial charge is 0.0632 e. The zero-order chi connectivity index (χ0) is 10.7. The van der Waals surface area contributed by atoms with E-state index < -0.39 is 5.60 Å². The molecule has 2 saturated heterocycles. The summed E-state index contributed by atoms with van der Waals surface area (Å²) in [4.78, 5) is 2.60. The minimum absolute atomic E-state index is 0.415. The van der Waals surface area contributed by atoms with E-state index in [9.17, 15) is 5.11 Å². The fourth-order valence-corrected chi connectivity index (χ4v) is 2.82. The molecule has 15 heavy (non-hydrogen) atoms. The highest BCUT2D eigenvalue weighted by atomic mass is 16.3. The van der Waals surface area contributed by atoms with E-state index in [1.807, 2.05) is 6.92 Å². The van der Waals surface area contributed by atoms with Crippen molar-refractivity contribution < 1.29 is 5.11 Å². The molecule has 2 heterocycles. The lowest BCUT2D eigenvalue weighted by molar-refractivity contribution is 0.0422. The molecule has 0 saturated carbocycles. The summed E-state index contributed by atoms with van der Waals surface area (Å²) in [6, 6.07) is 0.764. The molecule has 0 aromatic carbocycles. The number of hydrogen-bond acceptors (Lipinski definition) is 3. The fraction of sp³-hybridized carbons (Fsp3) is 1.00. The van der Waals surface area contributed by atoms with Crippen LogP contribution in [0, 0.1) is 0 Å². The van der Waals surface area contributed by atoms with Crippen LogP contribution in [-0.2, 0) is 0 Å². The summed E-state index contributed by atoms with van der Waals surface area (Å²) in [5, 5.41) is 13.4. The van der Waals surface area contributed by atoms with Gasteiger partial charge in [-0.2, -0.15) is 0 Å². The molecule has 3 nitrogen and oxygen atoms in total. The lowest BCUT2D eigenvalue weighted by atomic mass is 9.98. The molecule has 0 aromatic rings. The summed E-state index contributed by atoms with van der Waals surface area (Å²) in [6.45, 7) is 6.58. The molecular formula is C12H24N2O. The summed E-state index contributed by atoms with van der Waals surface area (Å²) in [7, 11) is 0. The zero-order valence-corrected chi connectivity index (χ0v) is 9.84. The fourth-order valence-electron chi connectivity index (χ4n) is 2.82. The maximum absolute atomic E-state index is 10.0. The normalized spacial score (nSPS) is 36.4. The standard InChI is InChI=1S/C12H24N2O/c1-12(15)5-2-9-14(10-6-12)11-3-7-13-8-4-11/h11,13,15H,2-10H2,1H3. The number of piperidine rings is 1. The van der Waals surface area contributed by atoms with Gasteiger partial charge in [-0.15, -0.1) is 0 Å². The van der Waals surface area contributed by atoms with Gasteiger partial charge in [0.2, 0.25) is 0 Å². The van der Waals surface area contributed by atoms with Gasteiger partial charge in [0, 0.05) is 12.6 Å². The number of rotatable bonds is 1. The molecule has 0 aromatic heterocycles. The van der Waals surface area contributed by atoms with Gasteiger partial charge in [0.25, 0.3) is 0 Å². The third-order valence-electron chi connectivity index (χ3n) is 3.92. The molecule has 0 radical (unpaired) electrons. The first-order valence-electron chi connectivity index (χ1n) is 6.34. The van der Waals surface area contributed by atoms with Crippen molar-refractivity contribution in [2.24, 2.45) is 0 Å². The van der Waals surface area contributed by atoms with Crippen LogP contribution in [0.25, 0.3) is 0 Å². The van der Waals surface area contributed by atoms with Crippen LogP contribution >= 0.6 is 0 Å². The molecular weight excluding hydrogens is 188 g/mol. The Balaban J connectivity index is 1.87. The van der Waals surface area contributed by atoms with Crippen molar-refractivity contribution in [3.63, 3.8) is 0 Å². The molecule has 2 N–H and O–H groups in total. The maximum Gasteiger partial charge on any atom is 0.0632 e. The van der Waals surface area contributed by atoms with Crippen molar-refractivity contribution in [1.29, 1.82) is 0 Å². The van der Waals surface area contributed by atoms with Gasteiger partial charge in [-0.25, -0.2) is 0 Å². The Morgan fingerprint density at radius 3 is 2.67 bits per heavy atom. The van der Waals surface area contributed by atoms with Gasteiger partial charge in [0.1, 0.15) is 0 Å². The van der Waals surface area contributed by atoms with Crippen molar-refractivity contribution in [2.75, 3.05) is 26.2 Å². The maximum atomic E-state index is 10.0. The highest BCUT2D eigenvalue weighted by Crippen LogP contribution is 2.24. The van der Waals surface area contributed by atoms with E-state index in [4.69, 9.17) is 0 Å². The minimum atomic E-state index is -0.415. The summed E-state index contributed by atoms with van der Waals surface area (Å²) in [5.74, 6) is 0. The predicted octanol–water partition coefficient (Wildman–Crippen LogP) is 0.975. The number of likely N-dealkylation sites (tertiary alicyclic amines) is 1. The summed E-state index contributed by atoms with van der Waals surface area (Å²) >= 11 is 0. The SMILES string of the molecule is CC1(O)CCCN(C2CCNCC2)CC1. The summed E-state index contributed by atoms with van der Waals surface area (Å²) in [6.07, 6.45) is 5.62. The van der Waals surface area contributed by atoms with Crippen LogP contribution in [0.3, 0.4) is 0 Å². The van der Waals surface area contributed by atoms with Gasteiger partial charge in [0.15, 0.2) is 0 Å². The van der Waals surface area contributed by atoms with Crippen molar-refractivity contribution in [2.45, 2.75) is 50.7 Å². The topological polar surface area (TPSA) is 35.5 Å². The Morgan fingerprint density at radius 1 is 1.20 bits per heavy atom. The van der Waals surface area contributed by atoms with E-state index in [-0.39, 0.29) is 0 Å². The van der Waals surface area contributed by atoms with Crippen molar-refractivity contribution in [3.8, 4) is 0 Å². The second-order valence-electron chi connectivity index (χ2n) is 5.37. The van der Waals surface area contributed by atoms with E-state index >= 15 is 0 Å². The Kier molecular flexibility index (Phi) is 3.65. The first kappa shape index (κ1) is 11.4. The van der Waals surface area contributed by atoms with E-state index in [2.05, 4.69) is 10.2 Å². The first-order chi connectivity index (χ1) is 7.17. The molecule has 2 aliphatic rings. The average Bonchev–Trinajstić information content (AvgIpc) is 2.41. The van der Waals surface area contributed by atoms with Crippen LogP contribution in [0.1, 0.15) is 39.0 Å². The van der Waals surface area contributed by atoms with Crippen molar-refractivity contribution in [3.05, 3.63) is 0 Å². The molecule has 2 rings (SSSR count). The second-order valence-corrected chi connectivity index (χ2v) is 5.37. The van der Waals surface area contributed by atoms with Crippen LogP contribution in [0.2, 0.25) is 0 Å². The molecule has 0 aliphatic carbocycles. The molecule has 2 aliphatic heterocycles. The van der Waals surface area contributed by atoms with Crippen LogP contribution in [0.5, 0.6) is 0 Å². The van der Waals surface area contributed by atoms with Crippen LogP contribution in [0.15, 0.2) is 0 Å². The average molecular weight is 212 g/mol. The molecule has 3 heteroatoms. The third kappa shape index (κ3) is 3.16. The lowest BCUT2D eigenvalue weighted by Gasteiger charge is -2.34. The molecule has 1 unspecified atom stereocenters. The summed E-state index contributed by atoms with van der Waals surface area (Å²) in [5.41, 5.74) is -0.415. The monoisotopic (exact) mass is 212 g/mol. The van der Waals surface area contributed by atoms with Gasteiger partial charge >= 0.3 is 0 Å². The van der Waals surface area contributed by atoms with Crippen LogP contribution in [-0.4, -0.2) is 47.8 Å². The van der Waals surface area contributed by atoms with Crippen molar-refractivity contribution >= 4 is 0 Å². The Bertz CT molecular complexity index is 200. The summed E-state index contributed by atoms with van der Waals surface area (Å²) < 4.78 is 0. The van der Waals surface area contributed by atoms with Crippen LogP contribution in [0.4, 0.5) is 0 Å². The second kappa shape index (κ2) is 4.81. The van der Waals surface area contributed by atoms with Gasteiger partial charge in [-0.05, 0) is 58.7 Å². The highest BCUT2D eigenvalue weighted by molar-refractivity contribution is 4.84. The number of hydrogen-bond donors (Lipinski definition) is 2. The first-order valence-corrected chi connectivity index (χ1v) is 6.34. The number of nitrogens with one attached hydrogen (secondary N) is 1. The predicted molar refractivity (Wildman–Crippen MR) is 61.9 cm³/mol. The molecule has 0 bridgehead atoms. The highest BCUT2D eigenvalue weighted by Gasteiger charge is 2.28. The Hall–Kier alpha value is -0.120. The van der Waals surface area contributed by atoms with E-state index in [1.165, 1.54) is 19.4 Å². The van der Waals surface area contributed by atoms with Gasteiger partial charge in [0.05, 0.1) is 5.60 Å². The number of nitrogens with zero attached hydrogens (tertiary/aromatic N) is 1. The molecule has 1 atom stereocenters. The van der Waals surface area contributed by atoms with Crippen LogP contribution < -0.4 is 5.32 Å². The quantitative estimate of drug-likeness (QED) is 0.680. The largest absolute Gasteiger partial charge is 0.390 e. The van der Waals surface area contributed by atoms with E-state index in [0.29, 0.717) is 0 Å². The Labute approximate surface area is 92.8 Å². The Morgan fingerprint density at radius 2 is 1.93 bits per heavy atom. The number of aliphatic hydroxyl groups is 1. The van der Waals surface area contributed by atoms with Gasteiger partial charge in [-0.3, -0.25) is 0 Å². The van der Waals surface area contributed by atoms with Gasteiger partial charge in [-0.1, -0.05) is 0 Å². The minimum Gasteiger partial charge on any atom is -0.390 e. The lowest BCUT2D eigenvalue weighted by Crippen LogP contribution is -2.43. The molecule has 0 spiro atoms. The van der Waals surface area contributed by atoms with E-state index in [0.717, 1.165) is 44.9 Å². The van der Waals surface area contributed by atoms with E-state index in [1.54, 1.807) is 0 Å². The molecule has 2 fully saturated rings. The third-order valence-corrected chi connectivity index (χ3v) is 3.92. The molecule has 0 amide bonds. The van der Waals surface area contributed by atoms with Crippen molar-refractivity contribution in [1.82, 2.24) is 10.2 Å².